The van der Waals surface area contributed by atoms with Crippen LogP contribution in [0, 0.1) is 0 Å². The largest absolute Gasteiger partial charge is 0.507 e. The molecule has 0 aliphatic carbocycles. The Morgan fingerprint density at radius 1 is 0.769 bits per heavy atom. The highest BCUT2D eigenvalue weighted by Gasteiger charge is 2.19. The van der Waals surface area contributed by atoms with Gasteiger partial charge in [0.2, 0.25) is 0 Å². The lowest BCUT2D eigenvalue weighted by Crippen LogP contribution is -2.10. The third-order valence-corrected chi connectivity index (χ3v) is 5.46. The molecule has 0 atom stereocenters. The fraction of sp³-hybridized carbons (Fsp3) is 0.200. The first-order valence-electron chi connectivity index (χ1n) is 12.5. The molecule has 4 rings (SSSR count). The first-order chi connectivity index (χ1) is 19.0. The van der Waals surface area contributed by atoms with Gasteiger partial charge in [0, 0.05) is 12.1 Å². The van der Waals surface area contributed by atoms with E-state index < -0.39 is 5.97 Å². The van der Waals surface area contributed by atoms with Crippen LogP contribution in [-0.2, 0) is 9.53 Å². The second-order valence-electron chi connectivity index (χ2n) is 8.06. The molecule has 0 fully saturated rings. The fourth-order valence-corrected chi connectivity index (χ4v) is 3.75. The van der Waals surface area contributed by atoms with Crippen LogP contribution in [0.5, 0.6) is 23.0 Å². The lowest BCUT2D eigenvalue weighted by Gasteiger charge is -2.14. The van der Waals surface area contributed by atoms with E-state index in [-0.39, 0.29) is 24.8 Å². The van der Waals surface area contributed by atoms with E-state index in [2.05, 4.69) is 6.58 Å². The highest BCUT2D eigenvalue weighted by atomic mass is 16.6. The van der Waals surface area contributed by atoms with Crippen molar-refractivity contribution in [3.05, 3.63) is 79.4 Å². The maximum absolute atomic E-state index is 11.2. The highest BCUT2D eigenvalue weighted by molar-refractivity contribution is 5.81. The molecule has 0 aliphatic rings. The average Bonchev–Trinajstić information content (AvgIpc) is 2.96. The molecule has 4 aromatic rings. The van der Waals surface area contributed by atoms with Gasteiger partial charge in [0.1, 0.15) is 36.2 Å². The number of phenols is 1. The monoisotopic (exact) mass is 527 g/mol. The predicted molar refractivity (Wildman–Crippen MR) is 147 cm³/mol. The molecule has 9 nitrogen and oxygen atoms in total. The summed E-state index contributed by atoms with van der Waals surface area (Å²) < 4.78 is 22.1. The van der Waals surface area contributed by atoms with E-state index in [1.807, 2.05) is 62.4 Å². The Labute approximate surface area is 226 Å². The Kier molecular flexibility index (Phi) is 9.07. The second kappa shape index (κ2) is 13.0. The number of para-hydroxylation sites is 2. The molecule has 0 saturated carbocycles. The van der Waals surface area contributed by atoms with Crippen molar-refractivity contribution in [3.63, 3.8) is 0 Å². The minimum Gasteiger partial charge on any atom is -0.507 e. The summed E-state index contributed by atoms with van der Waals surface area (Å²) in [5, 5.41) is 10.9. The van der Waals surface area contributed by atoms with Gasteiger partial charge in [-0.2, -0.15) is 0 Å². The summed E-state index contributed by atoms with van der Waals surface area (Å²) in [5.74, 6) is 2.06. The van der Waals surface area contributed by atoms with Crippen LogP contribution in [0.25, 0.3) is 34.2 Å². The quantitative estimate of drug-likeness (QED) is 0.145. The number of esters is 1. The first-order valence-corrected chi connectivity index (χ1v) is 12.5. The van der Waals surface area contributed by atoms with Crippen molar-refractivity contribution in [1.82, 2.24) is 15.0 Å². The number of ether oxygens (including phenoxy) is 4. The Balaban J connectivity index is 1.76. The highest BCUT2D eigenvalue weighted by Crippen LogP contribution is 2.36. The smallest absolute Gasteiger partial charge is 0.330 e. The van der Waals surface area contributed by atoms with Crippen molar-refractivity contribution in [2.75, 3.05) is 26.4 Å². The summed E-state index contributed by atoms with van der Waals surface area (Å²) in [4.78, 5) is 25.4. The Hall–Kier alpha value is -4.92. The van der Waals surface area contributed by atoms with Crippen molar-refractivity contribution >= 4 is 5.97 Å². The molecule has 0 saturated heterocycles. The number of carbonyl (C=O) groups is 1. The van der Waals surface area contributed by atoms with Crippen LogP contribution < -0.4 is 14.2 Å². The second-order valence-corrected chi connectivity index (χ2v) is 8.06. The van der Waals surface area contributed by atoms with Crippen molar-refractivity contribution in [2.45, 2.75) is 13.8 Å². The molecule has 0 spiro atoms. The van der Waals surface area contributed by atoms with Gasteiger partial charge in [0.25, 0.3) is 0 Å². The molecule has 1 aromatic heterocycles. The van der Waals surface area contributed by atoms with Gasteiger partial charge in [-0.05, 0) is 50.2 Å². The molecule has 9 heteroatoms. The van der Waals surface area contributed by atoms with Crippen LogP contribution in [0.2, 0.25) is 0 Å². The normalized spacial score (nSPS) is 10.5. The lowest BCUT2D eigenvalue weighted by atomic mass is 10.1. The van der Waals surface area contributed by atoms with Crippen molar-refractivity contribution in [2.24, 2.45) is 0 Å². The number of nitrogens with zero attached hydrogens (tertiary/aromatic N) is 3. The van der Waals surface area contributed by atoms with Gasteiger partial charge in [-0.25, -0.2) is 19.7 Å². The van der Waals surface area contributed by atoms with E-state index in [0.29, 0.717) is 58.8 Å². The fourth-order valence-electron chi connectivity index (χ4n) is 3.75. The summed E-state index contributed by atoms with van der Waals surface area (Å²) in [6.07, 6.45) is 1.08. The zero-order valence-corrected chi connectivity index (χ0v) is 21.8. The third kappa shape index (κ3) is 6.70. The topological polar surface area (TPSA) is 113 Å². The molecule has 200 valence electrons. The zero-order chi connectivity index (χ0) is 27.6. The maximum atomic E-state index is 11.2. The Bertz CT molecular complexity index is 1390. The van der Waals surface area contributed by atoms with Gasteiger partial charge < -0.3 is 24.1 Å². The summed E-state index contributed by atoms with van der Waals surface area (Å²) in [7, 11) is 0. The van der Waals surface area contributed by atoms with Crippen LogP contribution in [0.3, 0.4) is 0 Å². The molecule has 1 N–H and O–H groups in total. The van der Waals surface area contributed by atoms with Crippen LogP contribution in [0.1, 0.15) is 13.8 Å². The molecular formula is C30H29N3O6. The number of aromatic nitrogens is 3. The average molecular weight is 528 g/mol. The van der Waals surface area contributed by atoms with Gasteiger partial charge in [-0.1, -0.05) is 30.8 Å². The first kappa shape index (κ1) is 27.1. The van der Waals surface area contributed by atoms with Crippen molar-refractivity contribution in [3.8, 4) is 57.2 Å². The van der Waals surface area contributed by atoms with Gasteiger partial charge in [-0.3, -0.25) is 0 Å². The number of hydrogen-bond donors (Lipinski definition) is 1. The van der Waals surface area contributed by atoms with E-state index in [0.717, 1.165) is 6.08 Å². The number of phenolic OH excluding ortho intramolecular Hbond substituents is 1. The van der Waals surface area contributed by atoms with Crippen LogP contribution in [0.15, 0.2) is 79.4 Å². The molecule has 0 amide bonds. The van der Waals surface area contributed by atoms with E-state index in [4.69, 9.17) is 33.9 Å². The van der Waals surface area contributed by atoms with Gasteiger partial charge >= 0.3 is 5.97 Å². The SMILES string of the molecule is C=CC(=O)OCCOc1ccc(-c2nc(-c3ccccc3OCC)nc(-c3ccccc3OCC)n2)c(O)c1. The number of carbonyl (C=O) groups excluding carboxylic acids is 1. The van der Waals surface area contributed by atoms with E-state index in [9.17, 15) is 9.90 Å². The predicted octanol–water partition coefficient (Wildman–Crippen LogP) is 5.48. The van der Waals surface area contributed by atoms with Crippen molar-refractivity contribution in [1.29, 1.82) is 0 Å². The van der Waals surface area contributed by atoms with Gasteiger partial charge in [-0.15, -0.1) is 0 Å². The van der Waals surface area contributed by atoms with E-state index in [1.54, 1.807) is 12.1 Å². The Morgan fingerprint density at radius 3 is 1.82 bits per heavy atom. The summed E-state index contributed by atoms with van der Waals surface area (Å²) in [6.45, 7) is 8.27. The van der Waals surface area contributed by atoms with Gasteiger partial charge in [0.15, 0.2) is 17.5 Å². The maximum Gasteiger partial charge on any atom is 0.330 e. The van der Waals surface area contributed by atoms with E-state index in [1.165, 1.54) is 6.07 Å². The minimum atomic E-state index is -0.532. The van der Waals surface area contributed by atoms with Crippen LogP contribution in [-0.4, -0.2) is 52.5 Å². The minimum absolute atomic E-state index is 0.0477. The number of aromatic hydroxyl groups is 1. The molecule has 0 radical (unpaired) electrons. The molecule has 0 unspecified atom stereocenters. The molecule has 1 heterocycles. The molecule has 0 aliphatic heterocycles. The third-order valence-electron chi connectivity index (χ3n) is 5.46. The number of hydrogen-bond acceptors (Lipinski definition) is 9. The zero-order valence-electron chi connectivity index (χ0n) is 21.8. The molecule has 0 bridgehead atoms. The summed E-state index contributed by atoms with van der Waals surface area (Å²) in [5.41, 5.74) is 1.76. The summed E-state index contributed by atoms with van der Waals surface area (Å²) in [6, 6.07) is 19.8. The Morgan fingerprint density at radius 2 is 1.31 bits per heavy atom. The molecule has 3 aromatic carbocycles. The molecular weight excluding hydrogens is 498 g/mol. The molecule has 39 heavy (non-hydrogen) atoms. The van der Waals surface area contributed by atoms with E-state index >= 15 is 0 Å². The van der Waals surface area contributed by atoms with Crippen LogP contribution in [0.4, 0.5) is 0 Å². The lowest BCUT2D eigenvalue weighted by molar-refractivity contribution is -0.138. The van der Waals surface area contributed by atoms with Crippen LogP contribution >= 0.6 is 0 Å². The standard InChI is InChI=1S/C30H29N3O6/c1-4-27(35)39-18-17-38-20-15-16-21(24(34)19-20)28-31-29(22-11-7-9-13-25(22)36-5-2)33-30(32-28)23-12-8-10-14-26(23)37-6-3/h4,7-16,19,34H,1,5-6,17-18H2,2-3H3. The number of rotatable bonds is 12. The number of benzene rings is 3. The van der Waals surface area contributed by atoms with Crippen molar-refractivity contribution < 1.29 is 28.8 Å². The van der Waals surface area contributed by atoms with Gasteiger partial charge in [0.05, 0.1) is 29.9 Å². The summed E-state index contributed by atoms with van der Waals surface area (Å²) >= 11 is 0.